The van der Waals surface area contributed by atoms with Crippen molar-refractivity contribution in [2.45, 2.75) is 26.3 Å². The van der Waals surface area contributed by atoms with E-state index in [2.05, 4.69) is 15.5 Å². The van der Waals surface area contributed by atoms with Gasteiger partial charge in [-0.25, -0.2) is 0 Å². The lowest BCUT2D eigenvalue weighted by Crippen LogP contribution is -2.40. The quantitative estimate of drug-likeness (QED) is 0.793. The number of nitrogens with zero attached hydrogens (tertiary/aromatic N) is 2. The van der Waals surface area contributed by atoms with Gasteiger partial charge in [0.05, 0.1) is 0 Å². The van der Waals surface area contributed by atoms with Crippen molar-refractivity contribution in [2.24, 2.45) is 0 Å². The Morgan fingerprint density at radius 2 is 1.71 bits per heavy atom. The summed E-state index contributed by atoms with van der Waals surface area (Å²) in [5.41, 5.74) is 1.86. The smallest absolute Gasteiger partial charge is 0.258 e. The Kier molecular flexibility index (Phi) is 4.16. The summed E-state index contributed by atoms with van der Waals surface area (Å²) in [6.07, 6.45) is 0. The molecule has 0 radical (unpaired) electrons. The summed E-state index contributed by atoms with van der Waals surface area (Å²) in [6.45, 7) is 5.83. The SMILES string of the molecule is CC(C)(C)NC(=O)c1cccc(-c2nc(-c3ccccc3)no2)c1. The van der Waals surface area contributed by atoms with Crippen molar-refractivity contribution in [1.82, 2.24) is 15.5 Å². The Labute approximate surface area is 140 Å². The maximum absolute atomic E-state index is 12.3. The molecule has 0 fully saturated rings. The van der Waals surface area contributed by atoms with Crippen LogP contribution in [-0.4, -0.2) is 21.6 Å². The third-order valence-electron chi connectivity index (χ3n) is 3.32. The third kappa shape index (κ3) is 3.68. The lowest BCUT2D eigenvalue weighted by atomic mass is 10.1. The molecule has 0 spiro atoms. The van der Waals surface area contributed by atoms with Gasteiger partial charge in [-0.3, -0.25) is 4.79 Å². The molecule has 1 aromatic heterocycles. The average molecular weight is 321 g/mol. The van der Waals surface area contributed by atoms with Crippen molar-refractivity contribution in [3.63, 3.8) is 0 Å². The standard InChI is InChI=1S/C19H19N3O2/c1-19(2,3)21-17(23)14-10-7-11-15(12-14)18-20-16(22-24-18)13-8-5-4-6-9-13/h4-12H,1-3H3,(H,21,23). The first-order chi connectivity index (χ1) is 11.4. The van der Waals surface area contributed by atoms with Crippen molar-refractivity contribution in [1.29, 1.82) is 0 Å². The van der Waals surface area contributed by atoms with E-state index in [1.807, 2.05) is 57.2 Å². The molecule has 0 atom stereocenters. The number of hydrogen-bond acceptors (Lipinski definition) is 4. The molecular weight excluding hydrogens is 302 g/mol. The Morgan fingerprint density at radius 3 is 2.42 bits per heavy atom. The van der Waals surface area contributed by atoms with E-state index in [4.69, 9.17) is 4.52 Å². The molecule has 0 unspecified atom stereocenters. The average Bonchev–Trinajstić information content (AvgIpc) is 3.04. The first-order valence-corrected chi connectivity index (χ1v) is 7.74. The zero-order valence-electron chi connectivity index (χ0n) is 13.9. The van der Waals surface area contributed by atoms with Crippen molar-refractivity contribution in [3.05, 3.63) is 60.2 Å². The normalized spacial score (nSPS) is 11.3. The molecule has 2 aromatic carbocycles. The van der Waals surface area contributed by atoms with E-state index in [0.717, 1.165) is 5.56 Å². The predicted molar refractivity (Wildman–Crippen MR) is 92.4 cm³/mol. The second kappa shape index (κ2) is 6.28. The van der Waals surface area contributed by atoms with Crippen LogP contribution in [0.3, 0.4) is 0 Å². The Morgan fingerprint density at radius 1 is 1.00 bits per heavy atom. The minimum atomic E-state index is -0.294. The molecule has 0 saturated heterocycles. The molecule has 1 amide bonds. The Bertz CT molecular complexity index is 848. The number of benzene rings is 2. The van der Waals surface area contributed by atoms with E-state index < -0.39 is 0 Å². The van der Waals surface area contributed by atoms with Gasteiger partial charge in [-0.15, -0.1) is 0 Å². The number of hydrogen-bond donors (Lipinski definition) is 1. The van der Waals surface area contributed by atoms with Crippen LogP contribution in [0.15, 0.2) is 59.1 Å². The van der Waals surface area contributed by atoms with Crippen LogP contribution >= 0.6 is 0 Å². The molecule has 0 saturated carbocycles. The molecule has 0 aliphatic carbocycles. The van der Waals surface area contributed by atoms with E-state index in [-0.39, 0.29) is 11.4 Å². The van der Waals surface area contributed by atoms with E-state index in [0.29, 0.717) is 22.8 Å². The molecule has 3 rings (SSSR count). The molecule has 0 bridgehead atoms. The number of nitrogens with one attached hydrogen (secondary N) is 1. The van der Waals surface area contributed by atoms with Gasteiger partial charge in [0.2, 0.25) is 5.82 Å². The van der Waals surface area contributed by atoms with Crippen LogP contribution in [0.25, 0.3) is 22.8 Å². The molecule has 0 aliphatic rings. The van der Waals surface area contributed by atoms with Gasteiger partial charge in [-0.05, 0) is 39.0 Å². The maximum atomic E-state index is 12.3. The zero-order chi connectivity index (χ0) is 17.2. The van der Waals surface area contributed by atoms with E-state index in [9.17, 15) is 4.79 Å². The van der Waals surface area contributed by atoms with Gasteiger partial charge >= 0.3 is 0 Å². The number of aromatic nitrogens is 2. The van der Waals surface area contributed by atoms with Crippen molar-refractivity contribution in [2.75, 3.05) is 0 Å². The van der Waals surface area contributed by atoms with Gasteiger partial charge in [-0.2, -0.15) is 4.98 Å². The third-order valence-corrected chi connectivity index (χ3v) is 3.32. The highest BCUT2D eigenvalue weighted by molar-refractivity contribution is 5.95. The molecular formula is C19H19N3O2. The number of carbonyl (C=O) groups excluding carboxylic acids is 1. The molecule has 24 heavy (non-hydrogen) atoms. The molecule has 1 heterocycles. The highest BCUT2D eigenvalue weighted by Crippen LogP contribution is 2.23. The summed E-state index contributed by atoms with van der Waals surface area (Å²) in [4.78, 5) is 16.7. The van der Waals surface area contributed by atoms with Crippen LogP contribution < -0.4 is 5.32 Å². The number of carbonyl (C=O) groups is 1. The van der Waals surface area contributed by atoms with Crippen LogP contribution in [-0.2, 0) is 0 Å². The first kappa shape index (κ1) is 15.9. The fraction of sp³-hybridized carbons (Fsp3) is 0.211. The predicted octanol–water partition coefficient (Wildman–Crippen LogP) is 3.93. The summed E-state index contributed by atoms with van der Waals surface area (Å²) >= 11 is 0. The fourth-order valence-corrected chi connectivity index (χ4v) is 2.25. The summed E-state index contributed by atoms with van der Waals surface area (Å²) < 4.78 is 5.35. The summed E-state index contributed by atoms with van der Waals surface area (Å²) in [6, 6.07) is 16.8. The van der Waals surface area contributed by atoms with Gasteiger partial charge < -0.3 is 9.84 Å². The summed E-state index contributed by atoms with van der Waals surface area (Å²) in [7, 11) is 0. The molecule has 0 aliphatic heterocycles. The van der Waals surface area contributed by atoms with E-state index in [1.54, 1.807) is 18.2 Å². The highest BCUT2D eigenvalue weighted by atomic mass is 16.5. The van der Waals surface area contributed by atoms with Crippen molar-refractivity contribution in [3.8, 4) is 22.8 Å². The Balaban J connectivity index is 1.87. The monoisotopic (exact) mass is 321 g/mol. The topological polar surface area (TPSA) is 68.0 Å². The molecule has 1 N–H and O–H groups in total. The summed E-state index contributed by atoms with van der Waals surface area (Å²) in [5.74, 6) is 0.779. The van der Waals surface area contributed by atoms with Crippen LogP contribution in [0, 0.1) is 0 Å². The minimum Gasteiger partial charge on any atom is -0.347 e. The van der Waals surface area contributed by atoms with Crippen molar-refractivity contribution >= 4 is 5.91 Å². The Hall–Kier alpha value is -2.95. The second-order valence-corrected chi connectivity index (χ2v) is 6.57. The van der Waals surface area contributed by atoms with Crippen LogP contribution in [0.2, 0.25) is 0 Å². The molecule has 5 heteroatoms. The largest absolute Gasteiger partial charge is 0.347 e. The lowest BCUT2D eigenvalue weighted by molar-refractivity contribution is 0.0919. The van der Waals surface area contributed by atoms with Gasteiger partial charge in [0.25, 0.3) is 11.8 Å². The number of amides is 1. The maximum Gasteiger partial charge on any atom is 0.258 e. The van der Waals surface area contributed by atoms with E-state index >= 15 is 0 Å². The van der Waals surface area contributed by atoms with Crippen LogP contribution in [0.5, 0.6) is 0 Å². The van der Waals surface area contributed by atoms with Crippen LogP contribution in [0.1, 0.15) is 31.1 Å². The molecule has 122 valence electrons. The van der Waals surface area contributed by atoms with E-state index in [1.165, 1.54) is 0 Å². The van der Waals surface area contributed by atoms with Crippen molar-refractivity contribution < 1.29 is 9.32 Å². The van der Waals surface area contributed by atoms with Gasteiger partial charge in [0, 0.05) is 22.2 Å². The fourth-order valence-electron chi connectivity index (χ4n) is 2.25. The summed E-state index contributed by atoms with van der Waals surface area (Å²) in [5, 5.41) is 6.95. The first-order valence-electron chi connectivity index (χ1n) is 7.74. The van der Waals surface area contributed by atoms with Gasteiger partial charge in [0.15, 0.2) is 0 Å². The lowest BCUT2D eigenvalue weighted by Gasteiger charge is -2.20. The van der Waals surface area contributed by atoms with Crippen LogP contribution in [0.4, 0.5) is 0 Å². The zero-order valence-corrected chi connectivity index (χ0v) is 13.9. The highest BCUT2D eigenvalue weighted by Gasteiger charge is 2.17. The molecule has 3 aromatic rings. The second-order valence-electron chi connectivity index (χ2n) is 6.57. The molecule has 5 nitrogen and oxygen atoms in total. The number of rotatable bonds is 3. The van der Waals surface area contributed by atoms with Gasteiger partial charge in [0.1, 0.15) is 0 Å². The van der Waals surface area contributed by atoms with Gasteiger partial charge in [-0.1, -0.05) is 41.6 Å². The minimum absolute atomic E-state index is 0.132.